The Morgan fingerprint density at radius 2 is 1.81 bits per heavy atom. The van der Waals surface area contributed by atoms with Crippen molar-refractivity contribution in [2.75, 3.05) is 57.2 Å². The zero-order valence-corrected chi connectivity index (χ0v) is 21.5. The number of anilines is 4. The van der Waals surface area contributed by atoms with Crippen LogP contribution in [0.4, 0.5) is 22.5 Å². The van der Waals surface area contributed by atoms with Gasteiger partial charge in [0.1, 0.15) is 22.0 Å². The van der Waals surface area contributed by atoms with Gasteiger partial charge in [0, 0.05) is 45.1 Å². The monoisotopic (exact) mass is 502 g/mol. The van der Waals surface area contributed by atoms with Gasteiger partial charge in [-0.25, -0.2) is 15.0 Å². The molecule has 10 heteroatoms. The Hall–Kier alpha value is -3.60. The number of fused-ring (bicyclic) bond motifs is 1. The molecule has 3 aromatic heterocycles. The van der Waals surface area contributed by atoms with E-state index in [1.165, 1.54) is 16.9 Å². The van der Waals surface area contributed by atoms with E-state index in [0.29, 0.717) is 23.2 Å². The lowest BCUT2D eigenvalue weighted by Gasteiger charge is -2.32. The number of piperazine rings is 1. The maximum absolute atomic E-state index is 12.5. The molecule has 1 aliphatic heterocycles. The Kier molecular flexibility index (Phi) is 7.08. The highest BCUT2D eigenvalue weighted by Gasteiger charge is 2.15. The number of benzene rings is 1. The van der Waals surface area contributed by atoms with Crippen LogP contribution in [0.2, 0.25) is 0 Å². The fourth-order valence-corrected chi connectivity index (χ4v) is 4.79. The Balaban J connectivity index is 1.21. The summed E-state index contributed by atoms with van der Waals surface area (Å²) >= 11 is 1.47. The molecule has 1 aliphatic rings. The molecular weight excluding hydrogens is 472 g/mol. The van der Waals surface area contributed by atoms with E-state index in [-0.39, 0.29) is 5.91 Å². The van der Waals surface area contributed by atoms with Gasteiger partial charge in [0.15, 0.2) is 5.13 Å². The fourth-order valence-electron chi connectivity index (χ4n) is 3.95. The Morgan fingerprint density at radius 1 is 1.03 bits per heavy atom. The van der Waals surface area contributed by atoms with Gasteiger partial charge < -0.3 is 20.4 Å². The van der Waals surface area contributed by atoms with Gasteiger partial charge in [-0.1, -0.05) is 29.0 Å². The number of rotatable bonds is 7. The molecule has 4 heterocycles. The van der Waals surface area contributed by atoms with Crippen molar-refractivity contribution < 1.29 is 4.79 Å². The van der Waals surface area contributed by atoms with Crippen molar-refractivity contribution in [1.82, 2.24) is 30.1 Å². The van der Waals surface area contributed by atoms with Crippen molar-refractivity contribution in [2.24, 2.45) is 0 Å². The number of carbonyl (C=O) groups excluding carboxylic acids is 1. The summed E-state index contributed by atoms with van der Waals surface area (Å²) < 4.78 is 0. The molecule has 1 fully saturated rings. The van der Waals surface area contributed by atoms with E-state index in [0.717, 1.165) is 48.0 Å². The number of nitrogens with one attached hydrogen (secondary N) is 2. The van der Waals surface area contributed by atoms with Gasteiger partial charge in [0.05, 0.1) is 12.2 Å². The number of carbonyl (C=O) groups is 1. The third kappa shape index (κ3) is 5.62. The summed E-state index contributed by atoms with van der Waals surface area (Å²) in [5.41, 5.74) is 3.65. The first-order valence-electron chi connectivity index (χ1n) is 11.9. The lowest BCUT2D eigenvalue weighted by molar-refractivity contribution is 0.0889. The minimum atomic E-state index is -0.123. The molecule has 0 aliphatic carbocycles. The van der Waals surface area contributed by atoms with Crippen LogP contribution in [0.5, 0.6) is 0 Å². The molecule has 0 atom stereocenters. The number of likely N-dealkylation sites (N-methyl/N-ethyl adjacent to an activating group) is 1. The highest BCUT2D eigenvalue weighted by molar-refractivity contribution is 7.21. The number of thiazole rings is 1. The van der Waals surface area contributed by atoms with Gasteiger partial charge in [-0.15, -0.1) is 0 Å². The second kappa shape index (κ2) is 10.6. The summed E-state index contributed by atoms with van der Waals surface area (Å²) in [6, 6.07) is 15.9. The van der Waals surface area contributed by atoms with E-state index in [1.807, 2.05) is 19.2 Å². The van der Waals surface area contributed by atoms with Crippen molar-refractivity contribution in [3.05, 3.63) is 65.9 Å². The highest BCUT2D eigenvalue weighted by atomic mass is 32.1. The van der Waals surface area contributed by atoms with E-state index in [1.54, 1.807) is 18.3 Å². The van der Waals surface area contributed by atoms with Gasteiger partial charge >= 0.3 is 0 Å². The molecule has 4 aromatic rings. The molecule has 5 rings (SSSR count). The smallest absolute Gasteiger partial charge is 0.253 e. The highest BCUT2D eigenvalue weighted by Crippen LogP contribution is 2.30. The molecule has 36 heavy (non-hydrogen) atoms. The summed E-state index contributed by atoms with van der Waals surface area (Å²) in [6.45, 7) is 6.57. The average molecular weight is 503 g/mol. The SMILES string of the molecule is Cc1ccc(N(C)c2ccc3nc(Nc4ccc(C(=O)NCN5CCN(C)CC5)cn4)sc3n2)cc1. The fraction of sp³-hybridized carbons (Fsp3) is 0.308. The van der Waals surface area contributed by atoms with Crippen LogP contribution >= 0.6 is 11.3 Å². The molecule has 0 unspecified atom stereocenters. The number of hydrogen-bond donors (Lipinski definition) is 2. The van der Waals surface area contributed by atoms with Gasteiger partial charge in [-0.05, 0) is 50.4 Å². The van der Waals surface area contributed by atoms with Crippen LogP contribution in [-0.4, -0.2) is 77.6 Å². The third-order valence-corrected chi connectivity index (χ3v) is 7.21. The molecule has 186 valence electrons. The standard InChI is InChI=1S/C26H30N8OS/c1-18-4-7-20(8-5-18)33(3)23-11-9-21-25(31-23)36-26(29-21)30-22-10-6-19(16-27-22)24(35)28-17-34-14-12-32(2)13-15-34/h4-11,16H,12-15,17H2,1-3H3,(H,28,35)(H,27,29,30). The van der Waals surface area contributed by atoms with Crippen molar-refractivity contribution in [1.29, 1.82) is 0 Å². The summed E-state index contributed by atoms with van der Waals surface area (Å²) in [7, 11) is 4.12. The van der Waals surface area contributed by atoms with Crippen LogP contribution in [0.1, 0.15) is 15.9 Å². The Labute approximate surface area is 214 Å². The van der Waals surface area contributed by atoms with Crippen LogP contribution in [0.25, 0.3) is 10.3 Å². The van der Waals surface area contributed by atoms with Gasteiger partial charge in [-0.3, -0.25) is 9.69 Å². The van der Waals surface area contributed by atoms with Crippen LogP contribution in [0.15, 0.2) is 54.7 Å². The van der Waals surface area contributed by atoms with Crippen LogP contribution in [-0.2, 0) is 0 Å². The Morgan fingerprint density at radius 3 is 2.53 bits per heavy atom. The molecule has 0 radical (unpaired) electrons. The number of nitrogens with zero attached hydrogens (tertiary/aromatic N) is 6. The molecular formula is C26H30N8OS. The van der Waals surface area contributed by atoms with Gasteiger partial charge in [0.2, 0.25) is 0 Å². The number of aromatic nitrogens is 3. The van der Waals surface area contributed by atoms with Gasteiger partial charge in [-0.2, -0.15) is 0 Å². The maximum atomic E-state index is 12.5. The quantitative estimate of drug-likeness (QED) is 0.394. The predicted octanol–water partition coefficient (Wildman–Crippen LogP) is 3.84. The summed E-state index contributed by atoms with van der Waals surface area (Å²) in [5, 5.41) is 6.92. The van der Waals surface area contributed by atoms with E-state index >= 15 is 0 Å². The normalized spacial score (nSPS) is 14.6. The number of pyridine rings is 2. The summed E-state index contributed by atoms with van der Waals surface area (Å²) in [4.78, 5) is 33.8. The first kappa shape index (κ1) is 24.1. The molecule has 0 spiro atoms. The first-order chi connectivity index (χ1) is 17.4. The molecule has 1 saturated heterocycles. The maximum Gasteiger partial charge on any atom is 0.253 e. The number of aryl methyl sites for hydroxylation is 1. The molecule has 1 aromatic carbocycles. The second-order valence-corrected chi connectivity index (χ2v) is 10.0. The second-order valence-electron chi connectivity index (χ2n) is 9.05. The topological polar surface area (TPSA) is 89.5 Å². The van der Waals surface area contributed by atoms with Gasteiger partial charge in [0.25, 0.3) is 5.91 Å². The van der Waals surface area contributed by atoms with E-state index in [4.69, 9.17) is 4.98 Å². The van der Waals surface area contributed by atoms with E-state index < -0.39 is 0 Å². The van der Waals surface area contributed by atoms with Crippen molar-refractivity contribution in [3.63, 3.8) is 0 Å². The Bertz CT molecular complexity index is 1330. The number of amides is 1. The van der Waals surface area contributed by atoms with Crippen molar-refractivity contribution in [3.8, 4) is 0 Å². The molecule has 1 amide bonds. The minimum Gasteiger partial charge on any atom is -0.339 e. The minimum absolute atomic E-state index is 0.123. The van der Waals surface area contributed by atoms with E-state index in [2.05, 4.69) is 73.5 Å². The van der Waals surface area contributed by atoms with Crippen LogP contribution in [0, 0.1) is 6.92 Å². The summed E-state index contributed by atoms with van der Waals surface area (Å²) in [5.74, 6) is 1.36. The first-order valence-corrected chi connectivity index (χ1v) is 12.8. The van der Waals surface area contributed by atoms with Crippen LogP contribution in [0.3, 0.4) is 0 Å². The van der Waals surface area contributed by atoms with Crippen molar-refractivity contribution in [2.45, 2.75) is 6.92 Å². The number of hydrogen-bond acceptors (Lipinski definition) is 9. The zero-order valence-electron chi connectivity index (χ0n) is 20.7. The molecule has 2 N–H and O–H groups in total. The predicted molar refractivity (Wildman–Crippen MR) is 146 cm³/mol. The van der Waals surface area contributed by atoms with E-state index in [9.17, 15) is 4.79 Å². The van der Waals surface area contributed by atoms with Crippen LogP contribution < -0.4 is 15.5 Å². The zero-order chi connectivity index (χ0) is 25.1. The molecule has 0 bridgehead atoms. The molecule has 9 nitrogen and oxygen atoms in total. The third-order valence-electron chi connectivity index (χ3n) is 6.33. The lowest BCUT2D eigenvalue weighted by Crippen LogP contribution is -2.48. The largest absolute Gasteiger partial charge is 0.339 e. The summed E-state index contributed by atoms with van der Waals surface area (Å²) in [6.07, 6.45) is 1.59. The molecule has 0 saturated carbocycles. The van der Waals surface area contributed by atoms with Crippen molar-refractivity contribution >= 4 is 50.0 Å². The average Bonchev–Trinajstić information content (AvgIpc) is 3.30. The lowest BCUT2D eigenvalue weighted by atomic mass is 10.2.